The summed E-state index contributed by atoms with van der Waals surface area (Å²) in [5.41, 5.74) is 0.326. The maximum atomic E-state index is 11.7. The molecule has 0 amide bonds. The number of hydrogen-bond donors (Lipinski definition) is 2. The van der Waals surface area contributed by atoms with Gasteiger partial charge in [-0.3, -0.25) is 4.99 Å². The number of hydrogen-bond acceptors (Lipinski definition) is 4. The van der Waals surface area contributed by atoms with Gasteiger partial charge >= 0.3 is 0 Å². The van der Waals surface area contributed by atoms with E-state index < -0.39 is 9.84 Å². The first-order valence-corrected chi connectivity index (χ1v) is 11.7. The number of sulfone groups is 1. The molecule has 4 fully saturated rings. The number of guanidine groups is 1. The minimum Gasteiger partial charge on any atom is -0.377 e. The molecule has 4 unspecified atom stereocenters. The van der Waals surface area contributed by atoms with Crippen molar-refractivity contribution in [2.75, 3.05) is 31.2 Å². The number of aliphatic imine (C=N–C) groups is 1. The number of nitrogens with zero attached hydrogens (tertiary/aromatic N) is 1. The van der Waals surface area contributed by atoms with Crippen LogP contribution in [0.15, 0.2) is 4.99 Å². The van der Waals surface area contributed by atoms with E-state index in [2.05, 4.69) is 17.6 Å². The van der Waals surface area contributed by atoms with Crippen molar-refractivity contribution in [1.29, 1.82) is 0 Å². The summed E-state index contributed by atoms with van der Waals surface area (Å²) in [5, 5.41) is 7.13. The zero-order valence-electron chi connectivity index (χ0n) is 15.6. The van der Waals surface area contributed by atoms with E-state index in [1.165, 1.54) is 19.3 Å². The second-order valence-electron chi connectivity index (χ2n) is 8.34. The van der Waals surface area contributed by atoms with Gasteiger partial charge in [-0.25, -0.2) is 8.42 Å². The first-order chi connectivity index (χ1) is 12.0. The third-order valence-corrected chi connectivity index (χ3v) is 8.54. The van der Waals surface area contributed by atoms with Crippen LogP contribution in [0.3, 0.4) is 0 Å². The van der Waals surface area contributed by atoms with E-state index in [1.807, 2.05) is 0 Å². The number of rotatable bonds is 5. The van der Waals surface area contributed by atoms with Crippen LogP contribution in [0.2, 0.25) is 0 Å². The Kier molecular flexibility index (Phi) is 6.44. The average molecular weight is 497 g/mol. The summed E-state index contributed by atoms with van der Waals surface area (Å²) < 4.78 is 29.3. The Bertz CT molecular complexity index is 636. The predicted molar refractivity (Wildman–Crippen MR) is 114 cm³/mol. The average Bonchev–Trinajstić information content (AvgIpc) is 3.09. The van der Waals surface area contributed by atoms with Crippen LogP contribution in [0.25, 0.3) is 0 Å². The van der Waals surface area contributed by atoms with Crippen LogP contribution in [0.1, 0.15) is 45.4 Å². The van der Waals surface area contributed by atoms with Crippen molar-refractivity contribution >= 4 is 39.8 Å². The highest BCUT2D eigenvalue weighted by atomic mass is 127. The number of ether oxygens (including phenoxy) is 1. The van der Waals surface area contributed by atoms with Crippen LogP contribution in [0, 0.1) is 17.3 Å². The van der Waals surface area contributed by atoms with Crippen molar-refractivity contribution < 1.29 is 13.2 Å². The number of nitrogens with one attached hydrogen (secondary N) is 2. The summed E-state index contributed by atoms with van der Waals surface area (Å²) in [5.74, 6) is 2.27. The summed E-state index contributed by atoms with van der Waals surface area (Å²) in [6.45, 7) is 4.53. The lowest BCUT2D eigenvalue weighted by Gasteiger charge is -2.63. The van der Waals surface area contributed by atoms with Crippen LogP contribution in [-0.2, 0) is 14.6 Å². The minimum absolute atomic E-state index is 0. The van der Waals surface area contributed by atoms with Crippen LogP contribution < -0.4 is 10.6 Å². The van der Waals surface area contributed by atoms with Gasteiger partial charge in [-0.1, -0.05) is 13.3 Å². The standard InChI is InChI=1S/C18H31N3O3S.HI/c1-2-8-19-17(20-11-13-5-10-25(22,23)12-13)21-15-14-4-9-24-16(14)18(15)6-3-7-18;/h13-16H,2-12H2,1H3,(H2,19,20,21);1H. The Labute approximate surface area is 174 Å². The van der Waals surface area contributed by atoms with Gasteiger partial charge in [0.25, 0.3) is 0 Å². The highest BCUT2D eigenvalue weighted by Gasteiger charge is 2.66. The van der Waals surface area contributed by atoms with Gasteiger partial charge in [-0.2, -0.15) is 0 Å². The summed E-state index contributed by atoms with van der Waals surface area (Å²) in [6.07, 6.45) is 7.21. The fourth-order valence-corrected chi connectivity index (χ4v) is 7.08. The molecular formula is C18H32IN3O3S. The molecule has 4 aliphatic rings. The smallest absolute Gasteiger partial charge is 0.191 e. The Balaban J connectivity index is 0.00000196. The van der Waals surface area contributed by atoms with Crippen molar-refractivity contribution in [3.8, 4) is 0 Å². The molecular weight excluding hydrogens is 465 g/mol. The maximum absolute atomic E-state index is 11.7. The Morgan fingerprint density at radius 2 is 2.12 bits per heavy atom. The summed E-state index contributed by atoms with van der Waals surface area (Å²) in [4.78, 5) is 4.76. The molecule has 0 bridgehead atoms. The van der Waals surface area contributed by atoms with Gasteiger partial charge < -0.3 is 15.4 Å². The fourth-order valence-electron chi connectivity index (χ4n) is 5.24. The molecule has 8 heteroatoms. The van der Waals surface area contributed by atoms with Gasteiger partial charge in [0, 0.05) is 37.1 Å². The van der Waals surface area contributed by atoms with Gasteiger partial charge in [-0.15, -0.1) is 24.0 Å². The summed E-state index contributed by atoms with van der Waals surface area (Å²) in [7, 11) is -2.83. The molecule has 1 spiro atoms. The molecule has 0 aromatic heterocycles. The summed E-state index contributed by atoms with van der Waals surface area (Å²) in [6, 6.07) is 0.462. The summed E-state index contributed by atoms with van der Waals surface area (Å²) >= 11 is 0. The van der Waals surface area contributed by atoms with E-state index in [4.69, 9.17) is 9.73 Å². The molecule has 2 saturated heterocycles. The lowest BCUT2D eigenvalue weighted by Crippen LogP contribution is -2.72. The lowest BCUT2D eigenvalue weighted by molar-refractivity contribution is -0.171. The Morgan fingerprint density at radius 1 is 1.31 bits per heavy atom. The molecule has 0 aromatic carbocycles. The normalized spacial score (nSPS) is 36.6. The SMILES string of the molecule is CCCNC(=NCC1CCS(=O)(=O)C1)NC1C2CCOC2C12CCC2.I. The van der Waals surface area contributed by atoms with Gasteiger partial charge in [0.1, 0.15) is 0 Å². The fraction of sp³-hybridized carbons (Fsp3) is 0.944. The van der Waals surface area contributed by atoms with Crippen LogP contribution >= 0.6 is 24.0 Å². The molecule has 26 heavy (non-hydrogen) atoms. The van der Waals surface area contributed by atoms with Crippen LogP contribution in [-0.4, -0.2) is 57.7 Å². The largest absolute Gasteiger partial charge is 0.377 e. The van der Waals surface area contributed by atoms with E-state index in [0.29, 0.717) is 41.5 Å². The van der Waals surface area contributed by atoms with Crippen molar-refractivity contribution in [2.24, 2.45) is 22.2 Å². The van der Waals surface area contributed by atoms with Gasteiger partial charge in [-0.05, 0) is 38.0 Å². The molecule has 2 aliphatic carbocycles. The topological polar surface area (TPSA) is 79.8 Å². The van der Waals surface area contributed by atoms with Crippen molar-refractivity contribution in [1.82, 2.24) is 10.6 Å². The zero-order valence-corrected chi connectivity index (χ0v) is 18.7. The lowest BCUT2D eigenvalue weighted by atomic mass is 9.46. The molecule has 2 saturated carbocycles. The maximum Gasteiger partial charge on any atom is 0.191 e. The Hall–Kier alpha value is -0.0900. The molecule has 150 valence electrons. The molecule has 0 aromatic rings. The van der Waals surface area contributed by atoms with Crippen molar-refractivity contribution in [2.45, 2.75) is 57.6 Å². The monoisotopic (exact) mass is 497 g/mol. The number of halogens is 1. The highest BCUT2D eigenvalue weighted by molar-refractivity contribution is 14.0. The molecule has 4 rings (SSSR count). The Morgan fingerprint density at radius 3 is 2.73 bits per heavy atom. The van der Waals surface area contributed by atoms with Crippen molar-refractivity contribution in [3.63, 3.8) is 0 Å². The van der Waals surface area contributed by atoms with Crippen LogP contribution in [0.4, 0.5) is 0 Å². The molecule has 2 aliphatic heterocycles. The molecule has 4 atom stereocenters. The van der Waals surface area contributed by atoms with E-state index in [-0.39, 0.29) is 29.9 Å². The minimum atomic E-state index is -2.83. The predicted octanol–water partition coefficient (Wildman–Crippen LogP) is 1.94. The molecule has 0 radical (unpaired) electrons. The van der Waals surface area contributed by atoms with E-state index >= 15 is 0 Å². The van der Waals surface area contributed by atoms with Gasteiger partial charge in [0.05, 0.1) is 17.6 Å². The first-order valence-electron chi connectivity index (χ1n) is 9.91. The highest BCUT2D eigenvalue weighted by Crippen LogP contribution is 2.62. The van der Waals surface area contributed by atoms with Crippen LogP contribution in [0.5, 0.6) is 0 Å². The molecule has 2 N–H and O–H groups in total. The quantitative estimate of drug-likeness (QED) is 0.345. The number of fused-ring (bicyclic) bond motifs is 2. The van der Waals surface area contributed by atoms with Crippen molar-refractivity contribution in [3.05, 3.63) is 0 Å². The van der Waals surface area contributed by atoms with Gasteiger partial charge in [0.2, 0.25) is 0 Å². The first kappa shape index (κ1) is 20.6. The molecule has 2 heterocycles. The van der Waals surface area contributed by atoms with Gasteiger partial charge in [0.15, 0.2) is 15.8 Å². The zero-order chi connectivity index (χ0) is 17.5. The third kappa shape index (κ3) is 3.74. The molecule has 6 nitrogen and oxygen atoms in total. The van der Waals surface area contributed by atoms with E-state index in [9.17, 15) is 8.42 Å². The van der Waals surface area contributed by atoms with E-state index in [1.54, 1.807) is 0 Å². The third-order valence-electron chi connectivity index (χ3n) is 6.71. The van der Waals surface area contributed by atoms with E-state index in [0.717, 1.165) is 38.4 Å². The second-order valence-corrected chi connectivity index (χ2v) is 10.6. The second kappa shape index (κ2) is 8.11.